The van der Waals surface area contributed by atoms with Gasteiger partial charge in [-0.25, -0.2) is 0 Å². The van der Waals surface area contributed by atoms with E-state index in [4.69, 9.17) is 5.11 Å². The molecule has 0 aliphatic heterocycles. The quantitative estimate of drug-likeness (QED) is 0.907. The Labute approximate surface area is 122 Å². The third kappa shape index (κ3) is 3.47. The van der Waals surface area contributed by atoms with Gasteiger partial charge < -0.3 is 10.0 Å². The van der Waals surface area contributed by atoms with E-state index < -0.39 is 5.97 Å². The van der Waals surface area contributed by atoms with Crippen LogP contribution in [0.4, 0.5) is 0 Å². The summed E-state index contributed by atoms with van der Waals surface area (Å²) in [5, 5.41) is 13.0. The van der Waals surface area contributed by atoms with E-state index in [1.165, 1.54) is 4.90 Å². The molecule has 1 amide bonds. The van der Waals surface area contributed by atoms with E-state index in [2.05, 4.69) is 5.10 Å². The number of nitrogens with zero attached hydrogens (tertiary/aromatic N) is 3. The Bertz CT molecular complexity index is 649. The van der Waals surface area contributed by atoms with Gasteiger partial charge in [0.2, 0.25) is 0 Å². The molecule has 0 saturated carbocycles. The molecule has 1 N–H and O–H groups in total. The second-order valence-electron chi connectivity index (χ2n) is 4.80. The second-order valence-corrected chi connectivity index (χ2v) is 4.80. The zero-order chi connectivity index (χ0) is 15.4. The van der Waals surface area contributed by atoms with Crippen molar-refractivity contribution in [2.24, 2.45) is 7.05 Å². The van der Waals surface area contributed by atoms with E-state index in [1.807, 2.05) is 30.3 Å². The summed E-state index contributed by atoms with van der Waals surface area (Å²) in [4.78, 5) is 24.4. The van der Waals surface area contributed by atoms with Gasteiger partial charge in [0.05, 0.1) is 12.0 Å². The minimum absolute atomic E-state index is 0.0802. The fraction of sp³-hybridized carbons (Fsp3) is 0.267. The van der Waals surface area contributed by atoms with E-state index in [9.17, 15) is 9.59 Å². The van der Waals surface area contributed by atoms with Gasteiger partial charge in [-0.15, -0.1) is 0 Å². The molecule has 2 rings (SSSR count). The van der Waals surface area contributed by atoms with Crippen LogP contribution in [0.15, 0.2) is 36.5 Å². The highest BCUT2D eigenvalue weighted by Gasteiger charge is 2.20. The Kier molecular flexibility index (Phi) is 4.37. The number of aliphatic carboxylic acids is 1. The molecule has 6 nitrogen and oxygen atoms in total. The van der Waals surface area contributed by atoms with Crippen molar-refractivity contribution in [2.45, 2.75) is 6.42 Å². The van der Waals surface area contributed by atoms with Gasteiger partial charge in [-0.3, -0.25) is 14.3 Å². The molecule has 0 radical (unpaired) electrons. The van der Waals surface area contributed by atoms with Crippen molar-refractivity contribution < 1.29 is 14.7 Å². The monoisotopic (exact) mass is 287 g/mol. The average molecular weight is 287 g/mol. The molecule has 1 aromatic carbocycles. The maximum absolute atomic E-state index is 12.4. The first kappa shape index (κ1) is 14.8. The molecule has 6 heteroatoms. The summed E-state index contributed by atoms with van der Waals surface area (Å²) in [6.45, 7) is 0.164. The lowest BCUT2D eigenvalue weighted by Gasteiger charge is -2.15. The van der Waals surface area contributed by atoms with Gasteiger partial charge in [-0.1, -0.05) is 30.3 Å². The summed E-state index contributed by atoms with van der Waals surface area (Å²) in [6, 6.07) is 9.43. The number of carbonyl (C=O) groups is 2. The van der Waals surface area contributed by atoms with Crippen LogP contribution < -0.4 is 0 Å². The van der Waals surface area contributed by atoms with Crippen LogP contribution in [0.5, 0.6) is 0 Å². The van der Waals surface area contributed by atoms with Crippen LogP contribution in [0, 0.1) is 0 Å². The molecule has 0 aliphatic rings. The van der Waals surface area contributed by atoms with Gasteiger partial charge in [-0.05, 0) is 0 Å². The molecule has 1 aromatic heterocycles. The fourth-order valence-corrected chi connectivity index (χ4v) is 2.02. The number of carboxylic acid groups (broad SMARTS) is 1. The smallest absolute Gasteiger partial charge is 0.305 e. The van der Waals surface area contributed by atoms with Crippen molar-refractivity contribution in [3.8, 4) is 11.3 Å². The summed E-state index contributed by atoms with van der Waals surface area (Å²) in [5.74, 6) is -1.16. The first-order valence-electron chi connectivity index (χ1n) is 6.55. The SMILES string of the molecule is CN(CCC(=O)O)C(=O)c1cn(C)nc1-c1ccccc1. The van der Waals surface area contributed by atoms with Crippen LogP contribution in [0.1, 0.15) is 16.8 Å². The van der Waals surface area contributed by atoms with Crippen molar-refractivity contribution in [3.63, 3.8) is 0 Å². The molecule has 2 aromatic rings. The molecule has 21 heavy (non-hydrogen) atoms. The number of carboxylic acids is 1. The number of hydrogen-bond acceptors (Lipinski definition) is 3. The highest BCUT2D eigenvalue weighted by molar-refractivity contribution is 5.99. The standard InChI is InChI=1S/C15H17N3O3/c1-17(9-8-13(19)20)15(21)12-10-18(2)16-14(12)11-6-4-3-5-7-11/h3-7,10H,8-9H2,1-2H3,(H,19,20). The molecule has 0 saturated heterocycles. The third-order valence-electron chi connectivity index (χ3n) is 3.11. The zero-order valence-corrected chi connectivity index (χ0v) is 12.0. The van der Waals surface area contributed by atoms with Crippen molar-refractivity contribution in [1.29, 1.82) is 0 Å². The average Bonchev–Trinajstić information content (AvgIpc) is 2.86. The lowest BCUT2D eigenvalue weighted by Crippen LogP contribution is -2.29. The molecular weight excluding hydrogens is 270 g/mol. The van der Waals surface area contributed by atoms with E-state index in [1.54, 1.807) is 25.0 Å². The second kappa shape index (κ2) is 6.21. The third-order valence-corrected chi connectivity index (χ3v) is 3.11. The van der Waals surface area contributed by atoms with Gasteiger partial charge in [0, 0.05) is 32.4 Å². The Balaban J connectivity index is 2.28. The minimum Gasteiger partial charge on any atom is -0.481 e. The van der Waals surface area contributed by atoms with Gasteiger partial charge in [0.15, 0.2) is 0 Å². The molecule has 0 atom stereocenters. The topological polar surface area (TPSA) is 75.4 Å². The lowest BCUT2D eigenvalue weighted by atomic mass is 10.1. The van der Waals surface area contributed by atoms with Crippen molar-refractivity contribution in [2.75, 3.05) is 13.6 Å². The number of hydrogen-bond donors (Lipinski definition) is 1. The number of carbonyl (C=O) groups excluding carboxylic acids is 1. The van der Waals surface area contributed by atoms with Crippen LogP contribution in [-0.2, 0) is 11.8 Å². The molecule has 0 aliphatic carbocycles. The molecule has 0 fully saturated rings. The molecule has 0 spiro atoms. The molecular formula is C15H17N3O3. The van der Waals surface area contributed by atoms with Crippen LogP contribution in [0.2, 0.25) is 0 Å². The summed E-state index contributed by atoms with van der Waals surface area (Å²) in [5.41, 5.74) is 1.93. The van der Waals surface area contributed by atoms with E-state index >= 15 is 0 Å². The van der Waals surface area contributed by atoms with Crippen LogP contribution in [-0.4, -0.2) is 45.3 Å². The molecule has 110 valence electrons. The number of rotatable bonds is 5. The maximum Gasteiger partial charge on any atom is 0.305 e. The van der Waals surface area contributed by atoms with Crippen molar-refractivity contribution >= 4 is 11.9 Å². The summed E-state index contributed by atoms with van der Waals surface area (Å²) in [7, 11) is 3.34. The highest BCUT2D eigenvalue weighted by Crippen LogP contribution is 2.22. The zero-order valence-electron chi connectivity index (χ0n) is 12.0. The van der Waals surface area contributed by atoms with E-state index in [0.717, 1.165) is 5.56 Å². The van der Waals surface area contributed by atoms with Crippen molar-refractivity contribution in [3.05, 3.63) is 42.1 Å². The first-order chi connectivity index (χ1) is 9.99. The summed E-state index contributed by atoms with van der Waals surface area (Å²) in [6.07, 6.45) is 1.57. The number of benzene rings is 1. The maximum atomic E-state index is 12.4. The van der Waals surface area contributed by atoms with Gasteiger partial charge in [-0.2, -0.15) is 5.10 Å². The highest BCUT2D eigenvalue weighted by atomic mass is 16.4. The molecule has 1 heterocycles. The van der Waals surface area contributed by atoms with Gasteiger partial charge in [0.25, 0.3) is 5.91 Å². The Morgan fingerprint density at radius 3 is 2.57 bits per heavy atom. The Hall–Kier alpha value is -2.63. The van der Waals surface area contributed by atoms with E-state index in [0.29, 0.717) is 11.3 Å². The number of aryl methyl sites for hydroxylation is 1. The fourth-order valence-electron chi connectivity index (χ4n) is 2.02. The Morgan fingerprint density at radius 1 is 1.29 bits per heavy atom. The summed E-state index contributed by atoms with van der Waals surface area (Å²) < 4.78 is 1.58. The normalized spacial score (nSPS) is 10.4. The molecule has 0 unspecified atom stereocenters. The number of amides is 1. The van der Waals surface area contributed by atoms with Crippen LogP contribution in [0.25, 0.3) is 11.3 Å². The van der Waals surface area contributed by atoms with Gasteiger partial charge >= 0.3 is 5.97 Å². The first-order valence-corrected chi connectivity index (χ1v) is 6.55. The van der Waals surface area contributed by atoms with Crippen molar-refractivity contribution in [1.82, 2.24) is 14.7 Å². The van der Waals surface area contributed by atoms with Crippen LogP contribution >= 0.6 is 0 Å². The lowest BCUT2D eigenvalue weighted by molar-refractivity contribution is -0.137. The van der Waals surface area contributed by atoms with E-state index in [-0.39, 0.29) is 18.9 Å². The van der Waals surface area contributed by atoms with Crippen LogP contribution in [0.3, 0.4) is 0 Å². The minimum atomic E-state index is -0.927. The van der Waals surface area contributed by atoms with Gasteiger partial charge in [0.1, 0.15) is 5.69 Å². The number of aromatic nitrogens is 2. The summed E-state index contributed by atoms with van der Waals surface area (Å²) >= 11 is 0. The molecule has 0 bridgehead atoms. The predicted molar refractivity (Wildman–Crippen MR) is 77.9 cm³/mol. The Morgan fingerprint density at radius 2 is 1.95 bits per heavy atom. The predicted octanol–water partition coefficient (Wildman–Crippen LogP) is 1.63. The largest absolute Gasteiger partial charge is 0.481 e.